The highest BCUT2D eigenvalue weighted by Crippen LogP contribution is 2.32. The molecule has 0 spiro atoms. The molecule has 6 N–H and O–H groups in total. The van der Waals surface area contributed by atoms with Crippen LogP contribution in [-0.2, 0) is 28.5 Å². The fourth-order valence-corrected chi connectivity index (χ4v) is 3.47. The summed E-state index contributed by atoms with van der Waals surface area (Å²) in [6.07, 6.45) is -10.00. The maximum atomic E-state index is 11.5. The van der Waals surface area contributed by atoms with Crippen molar-refractivity contribution < 1.29 is 54.1 Å². The van der Waals surface area contributed by atoms with E-state index in [9.17, 15) is 35.1 Å². The predicted octanol–water partition coefficient (Wildman–Crippen LogP) is -3.09. The van der Waals surface area contributed by atoms with Crippen molar-refractivity contribution in [1.82, 2.24) is 5.32 Å². The first-order valence-electron chi connectivity index (χ1n) is 8.73. The molecule has 2 aliphatic heterocycles. The smallest absolute Gasteiger partial charge is 0.335 e. The number of carboxylic acid groups (broad SMARTS) is 1. The van der Waals surface area contributed by atoms with Gasteiger partial charge in [-0.1, -0.05) is 0 Å². The third kappa shape index (κ3) is 4.78. The van der Waals surface area contributed by atoms with Crippen LogP contribution in [0.4, 0.5) is 0 Å². The van der Waals surface area contributed by atoms with Crippen LogP contribution < -0.4 is 5.32 Å². The molecule has 1 amide bonds. The number of carbonyl (C=O) groups is 2. The molecule has 162 valence electrons. The summed E-state index contributed by atoms with van der Waals surface area (Å²) in [7, 11) is 1.16. The van der Waals surface area contributed by atoms with Gasteiger partial charge in [0, 0.05) is 20.5 Å². The number of aliphatic carboxylic acids is 1. The van der Waals surface area contributed by atoms with Crippen molar-refractivity contribution in [1.29, 1.82) is 0 Å². The molecule has 9 unspecified atom stereocenters. The Balaban J connectivity index is 2.24. The van der Waals surface area contributed by atoms with Crippen LogP contribution in [0, 0.1) is 0 Å². The summed E-state index contributed by atoms with van der Waals surface area (Å²) in [4.78, 5) is 22.9. The lowest BCUT2D eigenvalue weighted by Gasteiger charge is -2.47. The van der Waals surface area contributed by atoms with E-state index in [0.29, 0.717) is 0 Å². The SMILES string of the molecule is COC1C(C(=O)O)OC(OC2CC(O)(CO)OC(C)C2NC(C)=O)C(O)C1O. The van der Waals surface area contributed by atoms with E-state index >= 15 is 0 Å². The van der Waals surface area contributed by atoms with Gasteiger partial charge in [0.05, 0.1) is 24.9 Å². The number of hydrogen-bond donors (Lipinski definition) is 6. The minimum absolute atomic E-state index is 0.313. The molecule has 0 radical (unpaired) electrons. The second-order valence-electron chi connectivity index (χ2n) is 6.98. The lowest BCUT2D eigenvalue weighted by molar-refractivity contribution is -0.340. The van der Waals surface area contributed by atoms with Gasteiger partial charge in [0.2, 0.25) is 5.91 Å². The van der Waals surface area contributed by atoms with Crippen molar-refractivity contribution in [3.8, 4) is 0 Å². The van der Waals surface area contributed by atoms with E-state index in [0.717, 1.165) is 7.11 Å². The zero-order valence-electron chi connectivity index (χ0n) is 15.7. The molecule has 0 aromatic carbocycles. The summed E-state index contributed by atoms with van der Waals surface area (Å²) in [5.74, 6) is -3.83. The van der Waals surface area contributed by atoms with Crippen LogP contribution >= 0.6 is 0 Å². The summed E-state index contributed by atoms with van der Waals surface area (Å²) in [5.41, 5.74) is 0. The van der Waals surface area contributed by atoms with Crippen LogP contribution in [0.1, 0.15) is 20.3 Å². The van der Waals surface area contributed by atoms with Crippen molar-refractivity contribution in [3.63, 3.8) is 0 Å². The minimum atomic E-state index is -1.97. The molecule has 9 atom stereocenters. The first-order valence-corrected chi connectivity index (χ1v) is 8.73. The lowest BCUT2D eigenvalue weighted by Crippen LogP contribution is -2.65. The van der Waals surface area contributed by atoms with Gasteiger partial charge < -0.3 is 49.8 Å². The maximum absolute atomic E-state index is 11.5. The van der Waals surface area contributed by atoms with Crippen LogP contribution in [0.2, 0.25) is 0 Å². The number of carbonyl (C=O) groups excluding carboxylic acids is 1. The Kier molecular flexibility index (Phi) is 7.33. The Labute approximate surface area is 160 Å². The van der Waals surface area contributed by atoms with Crippen LogP contribution in [0.15, 0.2) is 0 Å². The molecule has 0 saturated carbocycles. The monoisotopic (exact) mass is 409 g/mol. The van der Waals surface area contributed by atoms with Crippen molar-refractivity contribution in [2.75, 3.05) is 13.7 Å². The van der Waals surface area contributed by atoms with Crippen LogP contribution in [0.25, 0.3) is 0 Å². The van der Waals surface area contributed by atoms with E-state index in [1.807, 2.05) is 0 Å². The Morgan fingerprint density at radius 2 is 1.93 bits per heavy atom. The highest BCUT2D eigenvalue weighted by atomic mass is 16.7. The lowest BCUT2D eigenvalue weighted by atomic mass is 9.93. The molecule has 28 heavy (non-hydrogen) atoms. The van der Waals surface area contributed by atoms with Gasteiger partial charge in [0.15, 0.2) is 18.2 Å². The summed E-state index contributed by atoms with van der Waals surface area (Å²) >= 11 is 0. The number of ether oxygens (including phenoxy) is 4. The van der Waals surface area contributed by atoms with Gasteiger partial charge in [0.25, 0.3) is 0 Å². The van der Waals surface area contributed by atoms with Gasteiger partial charge in [-0.3, -0.25) is 4.79 Å². The number of aliphatic hydroxyl groups is 4. The zero-order valence-corrected chi connectivity index (χ0v) is 15.7. The topological polar surface area (TPSA) is 184 Å². The zero-order chi connectivity index (χ0) is 21.2. The Morgan fingerprint density at radius 3 is 2.43 bits per heavy atom. The normalized spacial score (nSPS) is 44.1. The summed E-state index contributed by atoms with van der Waals surface area (Å²) < 4.78 is 21.2. The van der Waals surface area contributed by atoms with Crippen molar-refractivity contribution in [3.05, 3.63) is 0 Å². The molecule has 0 aromatic rings. The Hall–Kier alpha value is -1.38. The number of nitrogens with one attached hydrogen (secondary N) is 1. The number of aliphatic hydroxyl groups excluding tert-OH is 3. The third-order valence-corrected chi connectivity index (χ3v) is 4.82. The predicted molar refractivity (Wildman–Crippen MR) is 88.8 cm³/mol. The number of rotatable bonds is 6. The van der Waals surface area contributed by atoms with E-state index in [1.165, 1.54) is 13.8 Å². The maximum Gasteiger partial charge on any atom is 0.335 e. The Morgan fingerprint density at radius 1 is 1.29 bits per heavy atom. The molecular weight excluding hydrogens is 382 g/mol. The Bertz CT molecular complexity index is 575. The van der Waals surface area contributed by atoms with Gasteiger partial charge in [-0.05, 0) is 6.92 Å². The second kappa shape index (κ2) is 8.97. The largest absolute Gasteiger partial charge is 0.479 e. The molecule has 0 aromatic heterocycles. The third-order valence-electron chi connectivity index (χ3n) is 4.82. The molecule has 2 saturated heterocycles. The van der Waals surface area contributed by atoms with Crippen molar-refractivity contribution in [2.45, 2.75) is 75.0 Å². The highest BCUT2D eigenvalue weighted by molar-refractivity contribution is 5.73. The average molecular weight is 409 g/mol. The first-order chi connectivity index (χ1) is 13.0. The molecule has 2 rings (SSSR count). The summed E-state index contributed by atoms with van der Waals surface area (Å²) in [6.45, 7) is 2.03. The average Bonchev–Trinajstić information content (AvgIpc) is 2.61. The summed E-state index contributed by atoms with van der Waals surface area (Å²) in [5, 5.41) is 52.1. The number of amides is 1. The van der Waals surface area contributed by atoms with E-state index < -0.39 is 73.2 Å². The molecule has 2 aliphatic rings. The van der Waals surface area contributed by atoms with Gasteiger partial charge in [0.1, 0.15) is 18.3 Å². The van der Waals surface area contributed by atoms with Gasteiger partial charge >= 0.3 is 5.97 Å². The molecule has 12 heteroatoms. The molecule has 2 heterocycles. The standard InChI is InChI=1S/C16H27NO11/c1-6-9(17-7(2)19)8(4-16(24,5-18)28-6)26-15-11(21)10(20)12(25-3)13(27-15)14(22)23/h6,8-13,15,18,20-21,24H,4-5H2,1-3H3,(H,17,19)(H,22,23). The molecular formula is C16H27NO11. The number of carboxylic acids is 1. The fraction of sp³-hybridized carbons (Fsp3) is 0.875. The second-order valence-corrected chi connectivity index (χ2v) is 6.98. The molecule has 0 aliphatic carbocycles. The van der Waals surface area contributed by atoms with Crippen LogP contribution in [0.3, 0.4) is 0 Å². The first kappa shape index (κ1) is 22.9. The molecule has 2 fully saturated rings. The van der Waals surface area contributed by atoms with Gasteiger partial charge in [-0.2, -0.15) is 0 Å². The molecule has 0 bridgehead atoms. The minimum Gasteiger partial charge on any atom is -0.479 e. The molecule has 12 nitrogen and oxygen atoms in total. The highest BCUT2D eigenvalue weighted by Gasteiger charge is 2.52. The van der Waals surface area contributed by atoms with Gasteiger partial charge in [-0.15, -0.1) is 0 Å². The van der Waals surface area contributed by atoms with E-state index in [2.05, 4.69) is 5.32 Å². The number of methoxy groups -OCH3 is 1. The quantitative estimate of drug-likeness (QED) is 0.261. The van der Waals surface area contributed by atoms with E-state index in [1.54, 1.807) is 0 Å². The number of hydrogen-bond acceptors (Lipinski definition) is 10. The summed E-state index contributed by atoms with van der Waals surface area (Å²) in [6, 6.07) is -0.805. The van der Waals surface area contributed by atoms with Crippen LogP contribution in [-0.4, -0.2) is 106 Å². The van der Waals surface area contributed by atoms with Crippen molar-refractivity contribution >= 4 is 11.9 Å². The van der Waals surface area contributed by atoms with Crippen LogP contribution in [0.5, 0.6) is 0 Å². The van der Waals surface area contributed by atoms with E-state index in [-0.39, 0.29) is 6.42 Å². The van der Waals surface area contributed by atoms with Gasteiger partial charge in [-0.25, -0.2) is 4.79 Å². The van der Waals surface area contributed by atoms with E-state index in [4.69, 9.17) is 18.9 Å². The fourth-order valence-electron chi connectivity index (χ4n) is 3.47. The van der Waals surface area contributed by atoms with Crippen molar-refractivity contribution in [2.24, 2.45) is 0 Å².